The monoisotopic (exact) mass is 340 g/mol. The fraction of sp³-hybridized carbons (Fsp3) is 0.211. The molecule has 0 spiro atoms. The maximum Gasteiger partial charge on any atom is 0.337 e. The van der Waals surface area contributed by atoms with Gasteiger partial charge in [0.15, 0.2) is 0 Å². The summed E-state index contributed by atoms with van der Waals surface area (Å²) in [7, 11) is 1.30. The van der Waals surface area contributed by atoms with Crippen molar-refractivity contribution in [1.29, 1.82) is 0 Å². The lowest BCUT2D eigenvalue weighted by molar-refractivity contribution is -0.116. The fourth-order valence-corrected chi connectivity index (χ4v) is 2.20. The Morgan fingerprint density at radius 1 is 0.920 bits per heavy atom. The Morgan fingerprint density at radius 3 is 2.12 bits per heavy atom. The minimum absolute atomic E-state index is 0.0654. The van der Waals surface area contributed by atoms with Crippen molar-refractivity contribution in [2.24, 2.45) is 0 Å². The SMILES string of the molecule is CCCC(=O)Nc1cccc(NC(=O)c2ccc(C(=O)OC)cc2)c1. The van der Waals surface area contributed by atoms with E-state index in [2.05, 4.69) is 15.4 Å². The van der Waals surface area contributed by atoms with Crippen LogP contribution in [0.4, 0.5) is 11.4 Å². The summed E-state index contributed by atoms with van der Waals surface area (Å²) in [6.45, 7) is 1.93. The smallest absolute Gasteiger partial charge is 0.337 e. The Kier molecular flexibility index (Phi) is 6.28. The molecule has 0 aliphatic carbocycles. The summed E-state index contributed by atoms with van der Waals surface area (Å²) < 4.78 is 4.62. The predicted octanol–water partition coefficient (Wildman–Crippen LogP) is 3.46. The van der Waals surface area contributed by atoms with E-state index in [0.717, 1.165) is 6.42 Å². The Labute approximate surface area is 146 Å². The average molecular weight is 340 g/mol. The number of amides is 2. The zero-order valence-corrected chi connectivity index (χ0v) is 14.2. The van der Waals surface area contributed by atoms with Gasteiger partial charge in [0.25, 0.3) is 5.91 Å². The van der Waals surface area contributed by atoms with Gasteiger partial charge < -0.3 is 15.4 Å². The highest BCUT2D eigenvalue weighted by Crippen LogP contribution is 2.17. The molecule has 6 heteroatoms. The van der Waals surface area contributed by atoms with Gasteiger partial charge in [-0.2, -0.15) is 0 Å². The number of hydrogen-bond acceptors (Lipinski definition) is 4. The molecule has 0 unspecified atom stereocenters. The molecule has 0 saturated heterocycles. The zero-order chi connectivity index (χ0) is 18.2. The van der Waals surface area contributed by atoms with E-state index in [-0.39, 0.29) is 11.8 Å². The molecular formula is C19H20N2O4. The Bertz CT molecular complexity index is 769. The van der Waals surface area contributed by atoms with E-state index >= 15 is 0 Å². The molecule has 0 aromatic heterocycles. The van der Waals surface area contributed by atoms with Gasteiger partial charge in [-0.25, -0.2) is 4.79 Å². The summed E-state index contributed by atoms with van der Waals surface area (Å²) in [6, 6.07) is 13.1. The van der Waals surface area contributed by atoms with Crippen LogP contribution in [0.25, 0.3) is 0 Å². The van der Waals surface area contributed by atoms with Gasteiger partial charge in [0.05, 0.1) is 12.7 Å². The number of hydrogen-bond donors (Lipinski definition) is 2. The van der Waals surface area contributed by atoms with E-state index in [9.17, 15) is 14.4 Å². The molecule has 0 saturated carbocycles. The third-order valence-corrected chi connectivity index (χ3v) is 3.45. The number of esters is 1. The predicted molar refractivity (Wildman–Crippen MR) is 95.7 cm³/mol. The minimum atomic E-state index is -0.456. The van der Waals surface area contributed by atoms with Gasteiger partial charge in [0.2, 0.25) is 5.91 Å². The highest BCUT2D eigenvalue weighted by molar-refractivity contribution is 6.05. The first-order valence-electron chi connectivity index (χ1n) is 7.93. The first-order chi connectivity index (χ1) is 12.0. The van der Waals surface area contributed by atoms with Crippen LogP contribution in [0.5, 0.6) is 0 Å². The summed E-state index contributed by atoms with van der Waals surface area (Å²) in [6.07, 6.45) is 1.22. The lowest BCUT2D eigenvalue weighted by atomic mass is 10.1. The topological polar surface area (TPSA) is 84.5 Å². The largest absolute Gasteiger partial charge is 0.465 e. The molecule has 2 N–H and O–H groups in total. The quantitative estimate of drug-likeness (QED) is 0.789. The van der Waals surface area contributed by atoms with Crippen LogP contribution in [0, 0.1) is 0 Å². The number of anilines is 2. The van der Waals surface area contributed by atoms with Crippen LogP contribution >= 0.6 is 0 Å². The summed E-state index contributed by atoms with van der Waals surface area (Å²) in [5, 5.41) is 5.54. The third-order valence-electron chi connectivity index (χ3n) is 3.45. The normalized spacial score (nSPS) is 10.0. The van der Waals surface area contributed by atoms with E-state index in [1.807, 2.05) is 6.92 Å². The van der Waals surface area contributed by atoms with Crippen molar-refractivity contribution in [3.8, 4) is 0 Å². The van der Waals surface area contributed by atoms with Crippen LogP contribution in [-0.2, 0) is 9.53 Å². The lowest BCUT2D eigenvalue weighted by Gasteiger charge is -2.09. The molecule has 2 aromatic rings. The van der Waals surface area contributed by atoms with Gasteiger partial charge in [0, 0.05) is 23.4 Å². The summed E-state index contributed by atoms with van der Waals surface area (Å²) in [5.41, 5.74) is 1.97. The highest BCUT2D eigenvalue weighted by Gasteiger charge is 2.10. The molecule has 0 aliphatic rings. The van der Waals surface area contributed by atoms with Crippen molar-refractivity contribution in [2.45, 2.75) is 19.8 Å². The van der Waals surface area contributed by atoms with Crippen molar-refractivity contribution in [2.75, 3.05) is 17.7 Å². The molecule has 0 radical (unpaired) electrons. The molecule has 0 fully saturated rings. The molecule has 0 heterocycles. The molecule has 2 rings (SSSR count). The molecule has 2 aromatic carbocycles. The third kappa shape index (κ3) is 5.17. The first-order valence-corrected chi connectivity index (χ1v) is 7.93. The number of methoxy groups -OCH3 is 1. The van der Waals surface area contributed by atoms with Crippen LogP contribution in [0.3, 0.4) is 0 Å². The van der Waals surface area contributed by atoms with Gasteiger partial charge in [-0.05, 0) is 48.9 Å². The fourth-order valence-electron chi connectivity index (χ4n) is 2.20. The van der Waals surface area contributed by atoms with Crippen LogP contribution in [0.2, 0.25) is 0 Å². The van der Waals surface area contributed by atoms with Gasteiger partial charge in [-0.1, -0.05) is 13.0 Å². The first kappa shape index (κ1) is 18.2. The van der Waals surface area contributed by atoms with Crippen LogP contribution in [0.15, 0.2) is 48.5 Å². The maximum absolute atomic E-state index is 12.3. The second kappa shape index (κ2) is 8.63. The average Bonchev–Trinajstić information content (AvgIpc) is 2.61. The van der Waals surface area contributed by atoms with Crippen LogP contribution < -0.4 is 10.6 Å². The molecule has 2 amide bonds. The molecule has 0 aliphatic heterocycles. The van der Waals surface area contributed by atoms with Crippen molar-refractivity contribution in [3.05, 3.63) is 59.7 Å². The van der Waals surface area contributed by atoms with Crippen LogP contribution in [-0.4, -0.2) is 24.9 Å². The van der Waals surface area contributed by atoms with Gasteiger partial charge in [0.1, 0.15) is 0 Å². The summed E-state index contributed by atoms with van der Waals surface area (Å²) >= 11 is 0. The molecule has 6 nitrogen and oxygen atoms in total. The molecule has 25 heavy (non-hydrogen) atoms. The number of benzene rings is 2. The zero-order valence-electron chi connectivity index (χ0n) is 14.2. The Balaban J connectivity index is 2.05. The van der Waals surface area contributed by atoms with E-state index in [1.165, 1.54) is 19.2 Å². The van der Waals surface area contributed by atoms with Crippen molar-refractivity contribution < 1.29 is 19.1 Å². The molecular weight excluding hydrogens is 320 g/mol. The van der Waals surface area contributed by atoms with E-state index in [1.54, 1.807) is 36.4 Å². The molecule has 0 atom stereocenters. The van der Waals surface area contributed by atoms with Gasteiger partial charge in [-0.3, -0.25) is 9.59 Å². The van der Waals surface area contributed by atoms with Gasteiger partial charge >= 0.3 is 5.97 Å². The number of carbonyl (C=O) groups excluding carboxylic acids is 3. The summed E-state index contributed by atoms with van der Waals surface area (Å²) in [4.78, 5) is 35.3. The maximum atomic E-state index is 12.3. The Morgan fingerprint density at radius 2 is 1.52 bits per heavy atom. The standard InChI is InChI=1S/C19H20N2O4/c1-3-5-17(22)20-15-6-4-7-16(12-15)21-18(23)13-8-10-14(11-9-13)19(24)25-2/h4,6-12H,3,5H2,1-2H3,(H,20,22)(H,21,23). The van der Waals surface area contributed by atoms with E-state index < -0.39 is 5.97 Å². The Hall–Kier alpha value is -3.15. The lowest BCUT2D eigenvalue weighted by Crippen LogP contribution is -2.13. The molecule has 0 bridgehead atoms. The summed E-state index contributed by atoms with van der Waals surface area (Å²) in [5.74, 6) is -0.833. The van der Waals surface area contributed by atoms with Crippen molar-refractivity contribution in [3.63, 3.8) is 0 Å². The number of carbonyl (C=O) groups is 3. The van der Waals surface area contributed by atoms with Crippen LogP contribution in [0.1, 0.15) is 40.5 Å². The van der Waals surface area contributed by atoms with Crippen molar-refractivity contribution >= 4 is 29.2 Å². The number of rotatable bonds is 6. The molecule has 130 valence electrons. The van der Waals surface area contributed by atoms with E-state index in [0.29, 0.717) is 28.9 Å². The highest BCUT2D eigenvalue weighted by atomic mass is 16.5. The second-order valence-corrected chi connectivity index (χ2v) is 5.40. The number of nitrogens with one attached hydrogen (secondary N) is 2. The van der Waals surface area contributed by atoms with E-state index in [4.69, 9.17) is 0 Å². The van der Waals surface area contributed by atoms with Gasteiger partial charge in [-0.15, -0.1) is 0 Å². The van der Waals surface area contributed by atoms with Crippen molar-refractivity contribution in [1.82, 2.24) is 0 Å². The minimum Gasteiger partial charge on any atom is -0.465 e. The second-order valence-electron chi connectivity index (χ2n) is 5.40. The number of ether oxygens (including phenoxy) is 1.